The van der Waals surface area contributed by atoms with Gasteiger partial charge in [0.2, 0.25) is 5.91 Å². The molecule has 0 radical (unpaired) electrons. The van der Waals surface area contributed by atoms with E-state index in [1.54, 1.807) is 13.8 Å². The minimum absolute atomic E-state index is 0.230. The molecular formula is C21H26F3N5O6. The Morgan fingerprint density at radius 3 is 2.29 bits per heavy atom. The maximum atomic E-state index is 13.1. The van der Waals surface area contributed by atoms with Crippen LogP contribution in [-0.4, -0.2) is 65.4 Å². The molecule has 0 aliphatic carbocycles. The Labute approximate surface area is 198 Å². The van der Waals surface area contributed by atoms with Crippen molar-refractivity contribution in [3.8, 4) is 11.8 Å². The molecule has 1 rings (SSSR count). The summed E-state index contributed by atoms with van der Waals surface area (Å²) < 4.78 is 39.4. The summed E-state index contributed by atoms with van der Waals surface area (Å²) >= 11 is 0. The van der Waals surface area contributed by atoms with Gasteiger partial charge >= 0.3 is 18.3 Å². The summed E-state index contributed by atoms with van der Waals surface area (Å²) in [4.78, 5) is 47.5. The van der Waals surface area contributed by atoms with E-state index in [0.29, 0.717) is 12.1 Å². The van der Waals surface area contributed by atoms with E-state index in [4.69, 9.17) is 5.11 Å². The number of halogens is 3. The van der Waals surface area contributed by atoms with E-state index >= 15 is 0 Å². The van der Waals surface area contributed by atoms with Gasteiger partial charge in [0, 0.05) is 12.6 Å². The number of amides is 5. The number of nitrogens with one attached hydrogen (secondary N) is 5. The molecule has 0 saturated heterocycles. The first-order valence-electron chi connectivity index (χ1n) is 10.2. The molecule has 0 fully saturated rings. The molecule has 0 aliphatic rings. The van der Waals surface area contributed by atoms with Crippen molar-refractivity contribution in [3.05, 3.63) is 29.3 Å². The Bertz CT molecular complexity index is 1000. The lowest BCUT2D eigenvalue weighted by Crippen LogP contribution is -2.52. The van der Waals surface area contributed by atoms with E-state index in [9.17, 15) is 37.5 Å². The number of hydrogen-bond acceptors (Lipinski definition) is 5. The Kier molecular flexibility index (Phi) is 10.8. The Hall–Kier alpha value is -3.99. The fourth-order valence-corrected chi connectivity index (χ4v) is 2.64. The summed E-state index contributed by atoms with van der Waals surface area (Å²) in [6, 6.07) is -0.102. The third-order valence-corrected chi connectivity index (χ3v) is 4.16. The fourth-order valence-electron chi connectivity index (χ4n) is 2.64. The van der Waals surface area contributed by atoms with Crippen LogP contribution in [0.1, 0.15) is 36.7 Å². The van der Waals surface area contributed by atoms with Crippen molar-refractivity contribution in [3.63, 3.8) is 0 Å². The number of hydrogen-bond donors (Lipinski definition) is 7. The van der Waals surface area contributed by atoms with Crippen LogP contribution >= 0.6 is 0 Å². The number of benzene rings is 1. The predicted octanol–water partition coefficient (Wildman–Crippen LogP) is 1.10. The maximum Gasteiger partial charge on any atom is 0.416 e. The number of alkyl halides is 3. The molecule has 14 heteroatoms. The van der Waals surface area contributed by atoms with Gasteiger partial charge in [-0.05, 0) is 39.0 Å². The zero-order valence-electron chi connectivity index (χ0n) is 19.0. The highest BCUT2D eigenvalue weighted by atomic mass is 19.4. The topological polar surface area (TPSA) is 169 Å². The van der Waals surface area contributed by atoms with Gasteiger partial charge in [-0.2, -0.15) is 13.2 Å². The van der Waals surface area contributed by atoms with Gasteiger partial charge in [-0.1, -0.05) is 5.92 Å². The van der Waals surface area contributed by atoms with Gasteiger partial charge in [-0.25, -0.2) is 9.59 Å². The summed E-state index contributed by atoms with van der Waals surface area (Å²) in [6.45, 7) is 3.58. The van der Waals surface area contributed by atoms with Crippen LogP contribution in [-0.2, 0) is 11.0 Å². The van der Waals surface area contributed by atoms with Crippen LogP contribution in [0.2, 0.25) is 0 Å². The molecule has 35 heavy (non-hydrogen) atoms. The Morgan fingerprint density at radius 1 is 1.09 bits per heavy atom. The number of carbonyl (C=O) groups is 4. The summed E-state index contributed by atoms with van der Waals surface area (Å²) in [5, 5.41) is 29.8. The van der Waals surface area contributed by atoms with Crippen LogP contribution in [0.15, 0.2) is 18.2 Å². The highest BCUT2D eigenvalue weighted by Gasteiger charge is 2.32. The average Bonchev–Trinajstić information content (AvgIpc) is 2.73. The number of anilines is 1. The highest BCUT2D eigenvalue weighted by molar-refractivity contribution is 6.04. The molecule has 0 heterocycles. The largest absolute Gasteiger partial charge is 0.465 e. The second kappa shape index (κ2) is 13.0. The minimum atomic E-state index is -4.77. The molecule has 1 aromatic rings. The van der Waals surface area contributed by atoms with E-state index in [0.717, 1.165) is 6.07 Å². The van der Waals surface area contributed by atoms with E-state index in [1.165, 1.54) is 6.92 Å². The van der Waals surface area contributed by atoms with Gasteiger partial charge in [-0.3, -0.25) is 9.59 Å². The van der Waals surface area contributed by atoms with Crippen molar-refractivity contribution in [2.45, 2.75) is 45.1 Å². The van der Waals surface area contributed by atoms with E-state index in [-0.39, 0.29) is 11.7 Å². The van der Waals surface area contributed by atoms with Crippen LogP contribution in [0.4, 0.5) is 28.4 Å². The van der Waals surface area contributed by atoms with E-state index in [1.807, 2.05) is 5.32 Å². The third-order valence-electron chi connectivity index (χ3n) is 4.16. The van der Waals surface area contributed by atoms with Crippen molar-refractivity contribution in [1.82, 2.24) is 21.3 Å². The minimum Gasteiger partial charge on any atom is -0.465 e. The van der Waals surface area contributed by atoms with Gasteiger partial charge < -0.3 is 36.8 Å². The van der Waals surface area contributed by atoms with Gasteiger partial charge in [0.15, 0.2) is 0 Å². The number of rotatable bonds is 9. The van der Waals surface area contributed by atoms with Crippen LogP contribution in [0, 0.1) is 11.8 Å². The molecule has 0 aliphatic heterocycles. The Morgan fingerprint density at radius 2 is 1.74 bits per heavy atom. The summed E-state index contributed by atoms with van der Waals surface area (Å²) in [5.41, 5.74) is -1.93. The normalized spacial score (nSPS) is 12.5. The second-order valence-corrected chi connectivity index (χ2v) is 7.39. The van der Waals surface area contributed by atoms with Gasteiger partial charge in [0.05, 0.1) is 29.4 Å². The predicted molar refractivity (Wildman–Crippen MR) is 118 cm³/mol. The molecule has 2 atom stereocenters. The number of carboxylic acid groups (broad SMARTS) is 1. The third kappa shape index (κ3) is 10.2. The lowest BCUT2D eigenvalue weighted by atomic mass is 10.1. The van der Waals surface area contributed by atoms with Gasteiger partial charge in [0.1, 0.15) is 6.10 Å². The zero-order chi connectivity index (χ0) is 26.8. The van der Waals surface area contributed by atoms with Gasteiger partial charge in [0.25, 0.3) is 5.91 Å². The van der Waals surface area contributed by atoms with E-state index in [2.05, 4.69) is 33.1 Å². The van der Waals surface area contributed by atoms with Crippen molar-refractivity contribution in [2.24, 2.45) is 0 Å². The number of urea groups is 1. The van der Waals surface area contributed by atoms with Crippen LogP contribution in [0.25, 0.3) is 0 Å². The van der Waals surface area contributed by atoms with Crippen molar-refractivity contribution >= 4 is 29.6 Å². The van der Waals surface area contributed by atoms with Crippen LogP contribution in [0.3, 0.4) is 0 Å². The summed E-state index contributed by atoms with van der Waals surface area (Å²) in [5.74, 6) is 2.77. The van der Waals surface area contributed by atoms with Crippen LogP contribution < -0.4 is 26.6 Å². The Balaban J connectivity index is 3.01. The molecule has 1 aromatic carbocycles. The smallest absolute Gasteiger partial charge is 0.416 e. The number of aliphatic hydroxyl groups is 1. The van der Waals surface area contributed by atoms with E-state index < -0.39 is 66.5 Å². The fraction of sp³-hybridized carbons (Fsp3) is 0.429. The second-order valence-electron chi connectivity index (χ2n) is 7.39. The molecule has 0 spiro atoms. The van der Waals surface area contributed by atoms with Crippen molar-refractivity contribution in [1.29, 1.82) is 0 Å². The first-order chi connectivity index (χ1) is 16.2. The van der Waals surface area contributed by atoms with Gasteiger partial charge in [-0.15, -0.1) is 5.92 Å². The maximum absolute atomic E-state index is 13.1. The molecular weight excluding hydrogens is 475 g/mol. The molecule has 0 aromatic heterocycles. The number of aliphatic hydroxyl groups excluding tert-OH is 1. The highest BCUT2D eigenvalue weighted by Crippen LogP contribution is 2.32. The molecule has 0 saturated carbocycles. The monoisotopic (exact) mass is 501 g/mol. The quantitative estimate of drug-likeness (QED) is 0.250. The van der Waals surface area contributed by atoms with Crippen molar-refractivity contribution < 1.29 is 42.6 Å². The lowest BCUT2D eigenvalue weighted by molar-refractivity contribution is -0.137. The summed E-state index contributed by atoms with van der Waals surface area (Å²) in [7, 11) is 0. The SMILES string of the molecule is CC#C[C@H](O)[C@H](CNC(=O)O)NC(=O)CNC(=O)c1cc(C(F)(F)F)ccc1NC(=O)NC(C)C. The van der Waals surface area contributed by atoms with Crippen LogP contribution in [0.5, 0.6) is 0 Å². The molecule has 0 bridgehead atoms. The standard InChI is InChI=1S/C21H26F3N5O6/c1-4-5-16(30)15(9-26-20(34)35)28-17(31)10-25-18(32)13-8-12(21(22,23)24)6-7-14(13)29-19(33)27-11(2)3/h6-8,11,15-16,26,30H,9-10H2,1-3H3,(H,25,32)(H,28,31)(H,34,35)(H2,27,29,33)/t15-,16-/m0/s1. The zero-order valence-corrected chi connectivity index (χ0v) is 19.0. The lowest BCUT2D eigenvalue weighted by Gasteiger charge is -2.21. The average molecular weight is 501 g/mol. The number of carbonyl (C=O) groups excluding carboxylic acids is 3. The molecule has 0 unspecified atom stereocenters. The first kappa shape index (κ1) is 29.0. The summed E-state index contributed by atoms with van der Waals surface area (Å²) in [6.07, 6.45) is -7.63. The first-order valence-corrected chi connectivity index (χ1v) is 10.2. The van der Waals surface area contributed by atoms with Crippen molar-refractivity contribution in [2.75, 3.05) is 18.4 Å². The molecule has 11 nitrogen and oxygen atoms in total. The molecule has 192 valence electrons. The molecule has 5 amide bonds. The molecule has 7 N–H and O–H groups in total.